The van der Waals surface area contributed by atoms with Gasteiger partial charge in [0.15, 0.2) is 0 Å². The van der Waals surface area contributed by atoms with Crippen LogP contribution in [0.25, 0.3) is 0 Å². The number of aromatic nitrogens is 1. The lowest BCUT2D eigenvalue weighted by Gasteiger charge is -2.34. The Bertz CT molecular complexity index is 1040. The highest BCUT2D eigenvalue weighted by Crippen LogP contribution is 2.22. The van der Waals surface area contributed by atoms with Gasteiger partial charge < -0.3 is 9.80 Å². The second-order valence-corrected chi connectivity index (χ2v) is 8.79. The number of rotatable bonds is 6. The molecule has 0 radical (unpaired) electrons. The Labute approximate surface area is 177 Å². The average molecular weight is 428 g/mol. The number of amides is 1. The fourth-order valence-corrected chi connectivity index (χ4v) is 5.05. The summed E-state index contributed by atoms with van der Waals surface area (Å²) in [6.07, 6.45) is 1.57. The van der Waals surface area contributed by atoms with E-state index in [9.17, 15) is 18.5 Å². The topological polar surface area (TPSA) is 97.6 Å². The molecule has 1 aliphatic heterocycles. The molecular formula is C21H25N5O3S. The van der Waals surface area contributed by atoms with Gasteiger partial charge in [0.2, 0.25) is 10.0 Å². The van der Waals surface area contributed by atoms with Gasteiger partial charge in [-0.25, -0.2) is 13.4 Å². The quantitative estimate of drug-likeness (QED) is 0.699. The number of carbonyl (C=O) groups is 1. The van der Waals surface area contributed by atoms with Crippen molar-refractivity contribution >= 4 is 21.7 Å². The number of nitriles is 1. The predicted octanol–water partition coefficient (Wildman–Crippen LogP) is 1.95. The van der Waals surface area contributed by atoms with Crippen LogP contribution in [0.15, 0.2) is 47.5 Å². The number of hydrogen-bond donors (Lipinski definition) is 0. The first kappa shape index (κ1) is 21.7. The molecule has 0 atom stereocenters. The maximum atomic E-state index is 12.9. The van der Waals surface area contributed by atoms with E-state index in [2.05, 4.69) is 9.88 Å². The van der Waals surface area contributed by atoms with Crippen LogP contribution < -0.4 is 4.90 Å². The molecule has 8 nitrogen and oxygen atoms in total. The molecule has 2 heterocycles. The zero-order chi connectivity index (χ0) is 21.7. The summed E-state index contributed by atoms with van der Waals surface area (Å²) in [4.78, 5) is 20.9. The molecule has 1 fully saturated rings. The minimum absolute atomic E-state index is 0.00321. The minimum atomic E-state index is -3.78. The van der Waals surface area contributed by atoms with Crippen molar-refractivity contribution in [2.75, 3.05) is 44.2 Å². The highest BCUT2D eigenvalue weighted by molar-refractivity contribution is 7.89. The summed E-state index contributed by atoms with van der Waals surface area (Å²) < 4.78 is 27.2. The van der Waals surface area contributed by atoms with E-state index in [1.165, 1.54) is 16.4 Å². The summed E-state index contributed by atoms with van der Waals surface area (Å²) in [5.41, 5.74) is 0.604. The fraction of sp³-hybridized carbons (Fsp3) is 0.381. The van der Waals surface area contributed by atoms with E-state index >= 15 is 0 Å². The number of benzene rings is 1. The third-order valence-electron chi connectivity index (χ3n) is 5.23. The maximum absolute atomic E-state index is 12.9. The lowest BCUT2D eigenvalue weighted by molar-refractivity contribution is 0.0697. The SMILES string of the molecule is CCN(CC)c1ccc(C(=O)N2CCN(S(=O)(=O)c3ccccc3C#N)CC2)cn1. The van der Waals surface area contributed by atoms with Crippen molar-refractivity contribution in [3.63, 3.8) is 0 Å². The highest BCUT2D eigenvalue weighted by Gasteiger charge is 2.31. The molecule has 3 rings (SSSR count). The first-order valence-electron chi connectivity index (χ1n) is 9.92. The Morgan fingerprint density at radius 1 is 1.10 bits per heavy atom. The van der Waals surface area contributed by atoms with E-state index < -0.39 is 10.0 Å². The van der Waals surface area contributed by atoms with Crippen molar-refractivity contribution in [3.8, 4) is 6.07 Å². The van der Waals surface area contributed by atoms with Crippen molar-refractivity contribution in [3.05, 3.63) is 53.7 Å². The Balaban J connectivity index is 1.68. The second kappa shape index (κ2) is 9.24. The predicted molar refractivity (Wildman–Crippen MR) is 114 cm³/mol. The molecule has 0 spiro atoms. The first-order chi connectivity index (χ1) is 14.4. The van der Waals surface area contributed by atoms with Gasteiger partial charge in [0.1, 0.15) is 11.9 Å². The fourth-order valence-electron chi connectivity index (χ4n) is 3.48. The molecule has 158 valence electrons. The summed E-state index contributed by atoms with van der Waals surface area (Å²) in [5, 5.41) is 9.21. The third-order valence-corrected chi connectivity index (χ3v) is 7.19. The Morgan fingerprint density at radius 3 is 2.33 bits per heavy atom. The Kier molecular flexibility index (Phi) is 6.70. The van der Waals surface area contributed by atoms with E-state index in [0.29, 0.717) is 5.56 Å². The van der Waals surface area contributed by atoms with Gasteiger partial charge in [-0.15, -0.1) is 0 Å². The molecule has 0 unspecified atom stereocenters. The van der Waals surface area contributed by atoms with Crippen LogP contribution in [0.3, 0.4) is 0 Å². The van der Waals surface area contributed by atoms with E-state index in [-0.39, 0.29) is 42.5 Å². The van der Waals surface area contributed by atoms with Gasteiger partial charge in [-0.05, 0) is 38.1 Å². The molecule has 1 aliphatic rings. The summed E-state index contributed by atoms with van der Waals surface area (Å²) in [7, 11) is -3.78. The summed E-state index contributed by atoms with van der Waals surface area (Å²) in [6.45, 7) is 6.69. The van der Waals surface area contributed by atoms with Gasteiger partial charge in [-0.3, -0.25) is 4.79 Å². The zero-order valence-corrected chi connectivity index (χ0v) is 18.0. The number of nitrogens with zero attached hydrogens (tertiary/aromatic N) is 5. The first-order valence-corrected chi connectivity index (χ1v) is 11.4. The molecule has 1 aromatic heterocycles. The van der Waals surface area contributed by atoms with Crippen LogP contribution >= 0.6 is 0 Å². The maximum Gasteiger partial charge on any atom is 0.255 e. The number of piperazine rings is 1. The van der Waals surface area contributed by atoms with E-state index in [1.807, 2.05) is 26.0 Å². The van der Waals surface area contributed by atoms with Crippen LogP contribution in [0.5, 0.6) is 0 Å². The summed E-state index contributed by atoms with van der Waals surface area (Å²) >= 11 is 0. The summed E-state index contributed by atoms with van der Waals surface area (Å²) in [5.74, 6) is 0.659. The van der Waals surface area contributed by atoms with E-state index in [1.54, 1.807) is 29.3 Å². The van der Waals surface area contributed by atoms with Gasteiger partial charge in [-0.1, -0.05) is 12.1 Å². The number of sulfonamides is 1. The van der Waals surface area contributed by atoms with Gasteiger partial charge in [0, 0.05) is 45.5 Å². The normalized spacial score (nSPS) is 14.9. The van der Waals surface area contributed by atoms with Crippen LogP contribution in [-0.2, 0) is 10.0 Å². The Hall–Kier alpha value is -2.96. The molecule has 1 saturated heterocycles. The molecule has 9 heteroatoms. The standard InChI is InChI=1S/C21H25N5O3S/c1-3-24(4-2)20-10-9-18(16-23-20)21(27)25-11-13-26(14-12-25)30(28,29)19-8-6-5-7-17(19)15-22/h5-10,16H,3-4,11-14H2,1-2H3. The van der Waals surface area contributed by atoms with E-state index in [0.717, 1.165) is 18.9 Å². The minimum Gasteiger partial charge on any atom is -0.357 e. The van der Waals surface area contributed by atoms with Crippen molar-refractivity contribution in [1.82, 2.24) is 14.2 Å². The highest BCUT2D eigenvalue weighted by atomic mass is 32.2. The monoisotopic (exact) mass is 427 g/mol. The van der Waals surface area contributed by atoms with Crippen LogP contribution in [0.4, 0.5) is 5.82 Å². The second-order valence-electron chi connectivity index (χ2n) is 6.88. The largest absolute Gasteiger partial charge is 0.357 e. The molecular weight excluding hydrogens is 402 g/mol. The van der Waals surface area contributed by atoms with Gasteiger partial charge >= 0.3 is 0 Å². The molecule has 0 bridgehead atoms. The van der Waals surface area contributed by atoms with Gasteiger partial charge in [0.25, 0.3) is 5.91 Å². The molecule has 0 N–H and O–H groups in total. The number of hydrogen-bond acceptors (Lipinski definition) is 6. The van der Waals surface area contributed by atoms with Crippen molar-refractivity contribution in [2.45, 2.75) is 18.7 Å². The molecule has 1 amide bonds. The summed E-state index contributed by atoms with van der Waals surface area (Å²) in [6, 6.07) is 11.7. The molecule has 30 heavy (non-hydrogen) atoms. The van der Waals surface area contributed by atoms with Gasteiger partial charge in [-0.2, -0.15) is 9.57 Å². The lowest BCUT2D eigenvalue weighted by Crippen LogP contribution is -2.50. The zero-order valence-electron chi connectivity index (χ0n) is 17.2. The molecule has 2 aromatic rings. The lowest BCUT2D eigenvalue weighted by atomic mass is 10.2. The van der Waals surface area contributed by atoms with Crippen LogP contribution in [0, 0.1) is 11.3 Å². The Morgan fingerprint density at radius 2 is 1.77 bits per heavy atom. The average Bonchev–Trinajstić information content (AvgIpc) is 2.80. The van der Waals surface area contributed by atoms with Crippen molar-refractivity contribution in [2.24, 2.45) is 0 Å². The van der Waals surface area contributed by atoms with Crippen LogP contribution in [-0.4, -0.2) is 67.8 Å². The van der Waals surface area contributed by atoms with Crippen LogP contribution in [0.2, 0.25) is 0 Å². The molecule has 0 aliphatic carbocycles. The number of pyridine rings is 1. The van der Waals surface area contributed by atoms with E-state index in [4.69, 9.17) is 0 Å². The van der Waals surface area contributed by atoms with Crippen molar-refractivity contribution < 1.29 is 13.2 Å². The van der Waals surface area contributed by atoms with Crippen LogP contribution in [0.1, 0.15) is 29.8 Å². The molecule has 1 aromatic carbocycles. The molecule has 0 saturated carbocycles. The number of carbonyl (C=O) groups excluding carboxylic acids is 1. The van der Waals surface area contributed by atoms with Crippen molar-refractivity contribution in [1.29, 1.82) is 5.26 Å². The third kappa shape index (κ3) is 4.30. The smallest absolute Gasteiger partial charge is 0.255 e. The number of anilines is 1. The van der Waals surface area contributed by atoms with Gasteiger partial charge in [0.05, 0.1) is 16.0 Å².